The van der Waals surface area contributed by atoms with E-state index in [0.29, 0.717) is 30.9 Å². The summed E-state index contributed by atoms with van der Waals surface area (Å²) in [5, 5.41) is 13.9. The topological polar surface area (TPSA) is 95.5 Å². The van der Waals surface area contributed by atoms with Crippen LogP contribution < -0.4 is 10.6 Å². The number of nitrogens with one attached hydrogen (secondary N) is 2. The smallest absolute Gasteiger partial charge is 0.303 e. The Balaban J connectivity index is 2.03. The quantitative estimate of drug-likeness (QED) is 0.570. The Hall–Kier alpha value is -2.02. The number of benzene rings is 1. The molecule has 0 aliphatic carbocycles. The molecule has 7 heteroatoms. The number of carboxylic acid groups (broad SMARTS) is 1. The first-order chi connectivity index (χ1) is 10.6. The van der Waals surface area contributed by atoms with E-state index < -0.39 is 5.97 Å². The zero-order chi connectivity index (χ0) is 16.2. The number of carboxylic acids is 1. The Morgan fingerprint density at radius 3 is 2.45 bits per heavy atom. The van der Waals surface area contributed by atoms with Crippen molar-refractivity contribution in [2.45, 2.75) is 19.3 Å². The highest BCUT2D eigenvalue weighted by Gasteiger charge is 2.05. The standard InChI is InChI=1S/C15H20N2O4S/c18-13(16-9-4-7-15(20)21)8-10-22-11-14(19)17-12-5-2-1-3-6-12/h1-3,5-6H,4,7-11H2,(H,16,18)(H,17,19)(H,20,21). The van der Waals surface area contributed by atoms with Crippen LogP contribution in [0.3, 0.4) is 0 Å². The highest BCUT2D eigenvalue weighted by molar-refractivity contribution is 7.99. The maximum atomic E-state index is 11.6. The van der Waals surface area contributed by atoms with Crippen LogP contribution in [-0.2, 0) is 14.4 Å². The molecule has 0 aliphatic rings. The van der Waals surface area contributed by atoms with E-state index in [-0.39, 0.29) is 18.2 Å². The molecule has 0 spiro atoms. The lowest BCUT2D eigenvalue weighted by Crippen LogP contribution is -2.25. The van der Waals surface area contributed by atoms with Crippen molar-refractivity contribution in [1.82, 2.24) is 5.32 Å². The van der Waals surface area contributed by atoms with Crippen LogP contribution in [0.1, 0.15) is 19.3 Å². The summed E-state index contributed by atoms with van der Waals surface area (Å²) in [4.78, 5) is 33.4. The van der Waals surface area contributed by atoms with E-state index in [9.17, 15) is 14.4 Å². The Labute approximate surface area is 133 Å². The number of para-hydroxylation sites is 1. The molecule has 22 heavy (non-hydrogen) atoms. The zero-order valence-corrected chi connectivity index (χ0v) is 13.0. The number of rotatable bonds is 10. The maximum Gasteiger partial charge on any atom is 0.303 e. The second-order valence-corrected chi connectivity index (χ2v) is 5.67. The van der Waals surface area contributed by atoms with E-state index in [0.717, 1.165) is 5.69 Å². The summed E-state index contributed by atoms with van der Waals surface area (Å²) in [7, 11) is 0. The number of carbonyl (C=O) groups excluding carboxylic acids is 2. The molecule has 0 saturated carbocycles. The number of hydrogen-bond acceptors (Lipinski definition) is 4. The molecule has 0 radical (unpaired) electrons. The molecule has 1 aromatic carbocycles. The van der Waals surface area contributed by atoms with Crippen molar-refractivity contribution in [3.8, 4) is 0 Å². The van der Waals surface area contributed by atoms with Crippen LogP contribution in [0.4, 0.5) is 5.69 Å². The van der Waals surface area contributed by atoms with Gasteiger partial charge in [0.15, 0.2) is 0 Å². The van der Waals surface area contributed by atoms with Gasteiger partial charge in [-0.15, -0.1) is 0 Å². The van der Waals surface area contributed by atoms with Crippen LogP contribution in [-0.4, -0.2) is 40.9 Å². The van der Waals surface area contributed by atoms with E-state index in [2.05, 4.69) is 10.6 Å². The van der Waals surface area contributed by atoms with Gasteiger partial charge in [-0.25, -0.2) is 0 Å². The summed E-state index contributed by atoms with van der Waals surface area (Å²) in [6, 6.07) is 9.19. The minimum absolute atomic E-state index is 0.0503. The summed E-state index contributed by atoms with van der Waals surface area (Å²) in [5.41, 5.74) is 0.754. The molecular formula is C15H20N2O4S. The second kappa shape index (κ2) is 10.7. The second-order valence-electron chi connectivity index (χ2n) is 4.56. The minimum atomic E-state index is -0.866. The van der Waals surface area contributed by atoms with E-state index in [1.807, 2.05) is 30.3 Å². The molecule has 0 fully saturated rings. The average molecular weight is 324 g/mol. The van der Waals surface area contributed by atoms with Gasteiger partial charge in [-0.1, -0.05) is 18.2 Å². The fourth-order valence-electron chi connectivity index (χ4n) is 1.60. The molecule has 3 N–H and O–H groups in total. The van der Waals surface area contributed by atoms with Crippen molar-refractivity contribution in [3.05, 3.63) is 30.3 Å². The van der Waals surface area contributed by atoms with E-state index in [4.69, 9.17) is 5.11 Å². The van der Waals surface area contributed by atoms with Crippen molar-refractivity contribution in [1.29, 1.82) is 0 Å². The van der Waals surface area contributed by atoms with Gasteiger partial charge in [0.05, 0.1) is 5.75 Å². The minimum Gasteiger partial charge on any atom is -0.481 e. The monoisotopic (exact) mass is 324 g/mol. The van der Waals surface area contributed by atoms with Gasteiger partial charge in [-0.05, 0) is 18.6 Å². The fourth-order valence-corrected chi connectivity index (χ4v) is 2.34. The van der Waals surface area contributed by atoms with Gasteiger partial charge in [0, 0.05) is 30.8 Å². The van der Waals surface area contributed by atoms with Gasteiger partial charge in [0.1, 0.15) is 0 Å². The van der Waals surface area contributed by atoms with Crippen molar-refractivity contribution in [2.75, 3.05) is 23.4 Å². The van der Waals surface area contributed by atoms with E-state index in [1.165, 1.54) is 11.8 Å². The highest BCUT2D eigenvalue weighted by Crippen LogP contribution is 2.07. The molecule has 0 saturated heterocycles. The van der Waals surface area contributed by atoms with Crippen LogP contribution in [0.15, 0.2) is 30.3 Å². The Morgan fingerprint density at radius 2 is 1.77 bits per heavy atom. The number of hydrogen-bond donors (Lipinski definition) is 3. The predicted octanol–water partition coefficient (Wildman–Crippen LogP) is 1.73. The maximum absolute atomic E-state index is 11.6. The average Bonchev–Trinajstić information content (AvgIpc) is 2.49. The molecule has 0 heterocycles. The summed E-state index contributed by atoms with van der Waals surface area (Å²) >= 11 is 1.39. The van der Waals surface area contributed by atoms with Crippen LogP contribution in [0, 0.1) is 0 Å². The molecule has 1 rings (SSSR count). The lowest BCUT2D eigenvalue weighted by molar-refractivity contribution is -0.137. The molecule has 0 aromatic heterocycles. The molecule has 0 unspecified atom stereocenters. The molecular weight excluding hydrogens is 304 g/mol. The van der Waals surface area contributed by atoms with Crippen LogP contribution >= 0.6 is 11.8 Å². The molecule has 0 atom stereocenters. The summed E-state index contributed by atoms with van der Waals surface area (Å²) in [5.74, 6) is -0.248. The predicted molar refractivity (Wildman–Crippen MR) is 86.9 cm³/mol. The Kier molecular flexibility index (Phi) is 8.74. The molecule has 6 nitrogen and oxygen atoms in total. The van der Waals surface area contributed by atoms with Crippen molar-refractivity contribution >= 4 is 35.2 Å². The summed E-state index contributed by atoms with van der Waals surface area (Å²) in [6.45, 7) is 0.365. The molecule has 0 bridgehead atoms. The Morgan fingerprint density at radius 1 is 1.05 bits per heavy atom. The highest BCUT2D eigenvalue weighted by atomic mass is 32.2. The first-order valence-corrected chi connectivity index (χ1v) is 8.14. The van der Waals surface area contributed by atoms with Gasteiger partial charge in [0.25, 0.3) is 0 Å². The van der Waals surface area contributed by atoms with Crippen LogP contribution in [0.5, 0.6) is 0 Å². The van der Waals surface area contributed by atoms with Gasteiger partial charge < -0.3 is 15.7 Å². The number of carbonyl (C=O) groups is 3. The molecule has 120 valence electrons. The molecule has 1 aromatic rings. The summed E-state index contributed by atoms with van der Waals surface area (Å²) < 4.78 is 0. The summed E-state index contributed by atoms with van der Waals surface area (Å²) in [6.07, 6.45) is 0.790. The normalized spacial score (nSPS) is 10.0. The van der Waals surface area contributed by atoms with Gasteiger partial charge >= 0.3 is 5.97 Å². The fraction of sp³-hybridized carbons (Fsp3) is 0.400. The van der Waals surface area contributed by atoms with Crippen LogP contribution in [0.25, 0.3) is 0 Å². The van der Waals surface area contributed by atoms with Gasteiger partial charge in [0.2, 0.25) is 11.8 Å². The number of anilines is 1. The SMILES string of the molecule is O=C(O)CCCNC(=O)CCSCC(=O)Nc1ccccc1. The number of amides is 2. The third-order valence-electron chi connectivity index (χ3n) is 2.65. The van der Waals surface area contributed by atoms with E-state index >= 15 is 0 Å². The zero-order valence-electron chi connectivity index (χ0n) is 12.2. The van der Waals surface area contributed by atoms with Crippen molar-refractivity contribution in [2.24, 2.45) is 0 Å². The molecule has 0 aliphatic heterocycles. The first kappa shape index (κ1) is 18.0. The van der Waals surface area contributed by atoms with E-state index in [1.54, 1.807) is 0 Å². The van der Waals surface area contributed by atoms with Crippen LogP contribution in [0.2, 0.25) is 0 Å². The number of aliphatic carboxylic acids is 1. The third-order valence-corrected chi connectivity index (χ3v) is 3.61. The van der Waals surface area contributed by atoms with Gasteiger partial charge in [-0.2, -0.15) is 11.8 Å². The van der Waals surface area contributed by atoms with Crippen molar-refractivity contribution < 1.29 is 19.5 Å². The lowest BCUT2D eigenvalue weighted by atomic mass is 10.3. The Bertz CT molecular complexity index is 494. The number of thioether (sulfide) groups is 1. The third kappa shape index (κ3) is 9.02. The van der Waals surface area contributed by atoms with Gasteiger partial charge in [-0.3, -0.25) is 14.4 Å². The van der Waals surface area contributed by atoms with Crippen molar-refractivity contribution in [3.63, 3.8) is 0 Å². The molecule has 2 amide bonds. The first-order valence-electron chi connectivity index (χ1n) is 6.99. The largest absolute Gasteiger partial charge is 0.481 e. The lowest BCUT2D eigenvalue weighted by Gasteiger charge is -2.05.